The van der Waals surface area contributed by atoms with Crippen molar-refractivity contribution in [1.29, 1.82) is 0 Å². The molecular formula is C20H16Br2N4O5. The quantitative estimate of drug-likeness (QED) is 0.389. The summed E-state index contributed by atoms with van der Waals surface area (Å²) in [5.41, 5.74) is 1.39. The van der Waals surface area contributed by atoms with Gasteiger partial charge in [0, 0.05) is 19.3 Å². The third-order valence-corrected chi connectivity index (χ3v) is 5.65. The van der Waals surface area contributed by atoms with Crippen LogP contribution >= 0.6 is 31.9 Å². The summed E-state index contributed by atoms with van der Waals surface area (Å²) in [7, 11) is 0. The van der Waals surface area contributed by atoms with E-state index >= 15 is 0 Å². The van der Waals surface area contributed by atoms with Crippen LogP contribution in [0.1, 0.15) is 18.3 Å². The summed E-state index contributed by atoms with van der Waals surface area (Å²) in [5, 5.41) is 8.96. The van der Waals surface area contributed by atoms with Gasteiger partial charge in [0.2, 0.25) is 0 Å². The van der Waals surface area contributed by atoms with Crippen LogP contribution in [0.15, 0.2) is 67.3 Å². The monoisotopic (exact) mass is 550 g/mol. The molecule has 4 aromatic heterocycles. The maximum atomic E-state index is 11.9. The third kappa shape index (κ3) is 5.06. The standard InChI is InChI=1S/C11H9BrN2O3.C9H7BrN2O2/c1-7(15)17-6-8-10(12)11(16)14-5-3-2-4-9(14)13-8;10-8-6(5-13)11-7-3-1-2-4-12(7)9(8)14/h2-5H,6H2,1H3;1-4,13H,5H2. The van der Waals surface area contributed by atoms with Gasteiger partial charge in [0.05, 0.1) is 12.3 Å². The van der Waals surface area contributed by atoms with Gasteiger partial charge in [-0.3, -0.25) is 23.2 Å². The van der Waals surface area contributed by atoms with E-state index in [1.54, 1.807) is 48.8 Å². The van der Waals surface area contributed by atoms with Gasteiger partial charge in [0.1, 0.15) is 32.5 Å². The van der Waals surface area contributed by atoms with Crippen LogP contribution < -0.4 is 11.1 Å². The first-order valence-corrected chi connectivity index (χ1v) is 10.5. The van der Waals surface area contributed by atoms with Gasteiger partial charge < -0.3 is 9.84 Å². The maximum Gasteiger partial charge on any atom is 0.303 e. The molecule has 0 aromatic carbocycles. The first-order valence-electron chi connectivity index (χ1n) is 8.89. The average molecular weight is 552 g/mol. The highest BCUT2D eigenvalue weighted by atomic mass is 79.9. The van der Waals surface area contributed by atoms with Crippen LogP contribution in [0.25, 0.3) is 11.3 Å². The van der Waals surface area contributed by atoms with Crippen LogP contribution in [-0.2, 0) is 22.7 Å². The molecule has 1 N–H and O–H groups in total. The fourth-order valence-corrected chi connectivity index (χ4v) is 3.40. The lowest BCUT2D eigenvalue weighted by Gasteiger charge is -2.06. The Bertz CT molecular complexity index is 1380. The van der Waals surface area contributed by atoms with Crippen LogP contribution in [0.2, 0.25) is 0 Å². The number of hydrogen-bond donors (Lipinski definition) is 1. The van der Waals surface area contributed by atoms with Crippen molar-refractivity contribution >= 4 is 49.1 Å². The van der Waals surface area contributed by atoms with Crippen molar-refractivity contribution in [3.63, 3.8) is 0 Å². The van der Waals surface area contributed by atoms with Crippen molar-refractivity contribution in [2.24, 2.45) is 0 Å². The van der Waals surface area contributed by atoms with Crippen LogP contribution in [0.3, 0.4) is 0 Å². The number of halogens is 2. The van der Waals surface area contributed by atoms with Gasteiger partial charge in [-0.15, -0.1) is 0 Å². The summed E-state index contributed by atoms with van der Waals surface area (Å²) in [6.45, 7) is 1.04. The molecule has 0 atom stereocenters. The zero-order chi connectivity index (χ0) is 22.5. The van der Waals surface area contributed by atoms with Gasteiger partial charge in [-0.05, 0) is 56.1 Å². The van der Waals surface area contributed by atoms with Gasteiger partial charge >= 0.3 is 5.97 Å². The number of nitrogens with zero attached hydrogens (tertiary/aromatic N) is 4. The predicted octanol–water partition coefficient (Wildman–Crippen LogP) is 2.47. The molecule has 0 amide bonds. The van der Waals surface area contributed by atoms with Crippen LogP contribution in [0.5, 0.6) is 0 Å². The molecule has 31 heavy (non-hydrogen) atoms. The Hall–Kier alpha value is -2.89. The molecule has 0 saturated carbocycles. The number of aliphatic hydroxyl groups excluding tert-OH is 1. The van der Waals surface area contributed by atoms with E-state index in [4.69, 9.17) is 9.84 Å². The molecule has 0 bridgehead atoms. The number of carbonyl (C=O) groups excluding carboxylic acids is 1. The number of carbonyl (C=O) groups is 1. The van der Waals surface area contributed by atoms with E-state index in [2.05, 4.69) is 41.8 Å². The number of pyridine rings is 2. The van der Waals surface area contributed by atoms with Crippen molar-refractivity contribution in [3.05, 3.63) is 89.8 Å². The lowest BCUT2D eigenvalue weighted by atomic mass is 10.4. The van der Waals surface area contributed by atoms with Crippen molar-refractivity contribution < 1.29 is 14.6 Å². The second-order valence-electron chi connectivity index (χ2n) is 6.15. The number of aromatic nitrogens is 4. The summed E-state index contributed by atoms with van der Waals surface area (Å²) in [6.07, 6.45) is 3.27. The SMILES string of the molecule is CC(=O)OCc1nc2ccccn2c(=O)c1Br.O=c1c(Br)c(CO)nc2ccccn12. The zero-order valence-corrected chi connectivity index (χ0v) is 19.3. The number of aliphatic hydroxyl groups is 1. The van der Waals surface area contributed by atoms with Gasteiger partial charge in [-0.1, -0.05) is 12.1 Å². The van der Waals surface area contributed by atoms with E-state index in [1.807, 2.05) is 0 Å². The van der Waals surface area contributed by atoms with E-state index in [-0.39, 0.29) is 24.3 Å². The fraction of sp³-hybridized carbons (Fsp3) is 0.150. The topological polar surface area (TPSA) is 115 Å². The maximum absolute atomic E-state index is 11.9. The van der Waals surface area contributed by atoms with Crippen LogP contribution in [-0.4, -0.2) is 29.8 Å². The second-order valence-corrected chi connectivity index (χ2v) is 7.74. The second kappa shape index (κ2) is 9.94. The Labute approximate surface area is 192 Å². The number of esters is 1. The third-order valence-electron chi connectivity index (χ3n) is 4.06. The van der Waals surface area contributed by atoms with Gasteiger partial charge in [-0.25, -0.2) is 9.97 Å². The van der Waals surface area contributed by atoms with Gasteiger partial charge in [0.25, 0.3) is 11.1 Å². The highest BCUT2D eigenvalue weighted by molar-refractivity contribution is 9.10. The van der Waals surface area contributed by atoms with E-state index in [0.29, 0.717) is 31.6 Å². The fourth-order valence-electron chi connectivity index (χ4n) is 2.60. The minimum absolute atomic E-state index is 0.0173. The number of fused-ring (bicyclic) bond motifs is 2. The molecule has 0 spiro atoms. The van der Waals surface area contributed by atoms with E-state index in [0.717, 1.165) is 0 Å². The Morgan fingerprint density at radius 1 is 0.935 bits per heavy atom. The minimum atomic E-state index is -0.410. The lowest BCUT2D eigenvalue weighted by Crippen LogP contribution is -2.18. The highest BCUT2D eigenvalue weighted by Crippen LogP contribution is 2.12. The Balaban J connectivity index is 0.000000179. The normalized spacial score (nSPS) is 10.6. The first kappa shape index (κ1) is 22.8. The smallest absolute Gasteiger partial charge is 0.303 e. The molecule has 0 aliphatic carbocycles. The summed E-state index contributed by atoms with van der Waals surface area (Å²) >= 11 is 6.27. The molecule has 160 valence electrons. The Kier molecular flexibility index (Phi) is 7.31. The van der Waals surface area contributed by atoms with Crippen molar-refractivity contribution in [1.82, 2.24) is 18.8 Å². The Morgan fingerprint density at radius 2 is 1.42 bits per heavy atom. The van der Waals surface area contributed by atoms with Crippen LogP contribution in [0, 0.1) is 0 Å². The molecule has 4 heterocycles. The number of ether oxygens (including phenoxy) is 1. The van der Waals surface area contributed by atoms with Gasteiger partial charge in [0.15, 0.2) is 0 Å². The van der Waals surface area contributed by atoms with Gasteiger partial charge in [-0.2, -0.15) is 0 Å². The number of hydrogen-bond acceptors (Lipinski definition) is 7. The van der Waals surface area contributed by atoms with E-state index in [1.165, 1.54) is 15.7 Å². The summed E-state index contributed by atoms with van der Waals surface area (Å²) in [6, 6.07) is 10.5. The van der Waals surface area contributed by atoms with E-state index < -0.39 is 5.97 Å². The largest absolute Gasteiger partial charge is 0.459 e. The van der Waals surface area contributed by atoms with Crippen LogP contribution in [0.4, 0.5) is 0 Å². The average Bonchev–Trinajstić information content (AvgIpc) is 2.78. The van der Waals surface area contributed by atoms with Crippen molar-refractivity contribution in [2.45, 2.75) is 20.1 Å². The summed E-state index contributed by atoms with van der Waals surface area (Å²) < 4.78 is 8.29. The molecule has 4 rings (SSSR count). The first-order chi connectivity index (χ1) is 14.8. The van der Waals surface area contributed by atoms with Crippen molar-refractivity contribution in [2.75, 3.05) is 0 Å². The molecule has 11 heteroatoms. The molecule has 0 radical (unpaired) electrons. The van der Waals surface area contributed by atoms with E-state index in [9.17, 15) is 14.4 Å². The molecule has 9 nitrogen and oxygen atoms in total. The predicted molar refractivity (Wildman–Crippen MR) is 120 cm³/mol. The molecule has 4 aromatic rings. The molecular weight excluding hydrogens is 536 g/mol. The Morgan fingerprint density at radius 3 is 1.90 bits per heavy atom. The zero-order valence-electron chi connectivity index (χ0n) is 16.2. The summed E-state index contributed by atoms with van der Waals surface area (Å²) in [5.74, 6) is -0.410. The number of rotatable bonds is 3. The molecule has 0 saturated heterocycles. The minimum Gasteiger partial charge on any atom is -0.459 e. The molecule has 0 fully saturated rings. The lowest BCUT2D eigenvalue weighted by molar-refractivity contribution is -0.142. The molecule has 0 aliphatic rings. The summed E-state index contributed by atoms with van der Waals surface area (Å²) in [4.78, 5) is 42.7. The molecule has 0 unspecified atom stereocenters. The molecule has 0 aliphatic heterocycles. The highest BCUT2D eigenvalue weighted by Gasteiger charge is 2.11. The van der Waals surface area contributed by atoms with Crippen molar-refractivity contribution in [3.8, 4) is 0 Å².